The summed E-state index contributed by atoms with van der Waals surface area (Å²) < 4.78 is 21.6. The summed E-state index contributed by atoms with van der Waals surface area (Å²) in [6, 6.07) is 2.61. The summed E-state index contributed by atoms with van der Waals surface area (Å²) in [7, 11) is 0. The van der Waals surface area contributed by atoms with Gasteiger partial charge in [-0.05, 0) is 29.8 Å². The quantitative estimate of drug-likeness (QED) is 0.581. The third-order valence-electron chi connectivity index (χ3n) is 6.61. The maximum atomic E-state index is 15.2. The normalized spacial score (nSPS) is 24.8. The van der Waals surface area contributed by atoms with Crippen LogP contribution in [-0.4, -0.2) is 109 Å². The van der Waals surface area contributed by atoms with Gasteiger partial charge in [-0.2, -0.15) is 4.68 Å². The van der Waals surface area contributed by atoms with E-state index in [1.165, 1.54) is 15.9 Å². The van der Waals surface area contributed by atoms with Crippen molar-refractivity contribution in [2.24, 2.45) is 0 Å². The Balaban J connectivity index is 1.17. The molecule has 5 rings (SSSR count). The number of alkyl halides is 1. The second-order valence-electron chi connectivity index (χ2n) is 8.63. The maximum absolute atomic E-state index is 15.2. The van der Waals surface area contributed by atoms with Gasteiger partial charge in [-0.25, -0.2) is 19.0 Å². The number of β-amino-alcohol motifs (C(OH)–C–C–N with tert-alkyl or cyclic N) is 1. The molecule has 0 aliphatic carbocycles. The average molecular weight is 472 g/mol. The van der Waals surface area contributed by atoms with Crippen molar-refractivity contribution in [1.82, 2.24) is 39.9 Å². The summed E-state index contributed by atoms with van der Waals surface area (Å²) in [6.07, 6.45) is 1.34. The molecule has 5 heterocycles. The van der Waals surface area contributed by atoms with E-state index in [2.05, 4.69) is 20.5 Å². The van der Waals surface area contributed by atoms with Crippen molar-refractivity contribution in [1.29, 1.82) is 0 Å². The van der Waals surface area contributed by atoms with Gasteiger partial charge in [0.2, 0.25) is 0 Å². The molecule has 2 fully saturated rings. The number of carbonyl (C=O) groups is 2. The molecule has 3 aliphatic rings. The number of urea groups is 1. The van der Waals surface area contributed by atoms with Crippen molar-refractivity contribution >= 4 is 12.0 Å². The SMILES string of the molecule is CC1=C(N2CCN([C@@H]3CCN(C[C@H](O)c4ccc(-n5cnnn5)nc4)C[C@H]3F)C2=O)COC1=O. The molecule has 2 amide bonds. The zero-order valence-corrected chi connectivity index (χ0v) is 18.6. The number of tetrazole rings is 1. The van der Waals surface area contributed by atoms with Gasteiger partial charge in [-0.15, -0.1) is 5.10 Å². The summed E-state index contributed by atoms with van der Waals surface area (Å²) in [4.78, 5) is 33.8. The van der Waals surface area contributed by atoms with E-state index in [-0.39, 0.29) is 25.7 Å². The monoisotopic (exact) mass is 472 g/mol. The number of amides is 2. The first-order valence-electron chi connectivity index (χ1n) is 11.1. The van der Waals surface area contributed by atoms with Gasteiger partial charge in [0.1, 0.15) is 19.1 Å². The predicted molar refractivity (Wildman–Crippen MR) is 114 cm³/mol. The van der Waals surface area contributed by atoms with Crippen LogP contribution in [0, 0.1) is 0 Å². The maximum Gasteiger partial charge on any atom is 0.336 e. The average Bonchev–Trinajstić information content (AvgIpc) is 3.57. The van der Waals surface area contributed by atoms with Crippen LogP contribution in [0.3, 0.4) is 0 Å². The number of rotatable bonds is 6. The zero-order valence-electron chi connectivity index (χ0n) is 18.6. The van der Waals surface area contributed by atoms with E-state index in [4.69, 9.17) is 4.74 Å². The molecule has 0 aromatic carbocycles. The fourth-order valence-corrected chi connectivity index (χ4v) is 4.68. The molecule has 2 aromatic heterocycles. The molecule has 12 nitrogen and oxygen atoms in total. The van der Waals surface area contributed by atoms with E-state index in [0.29, 0.717) is 48.7 Å². The number of likely N-dealkylation sites (tertiary alicyclic amines) is 1. The number of halogens is 1. The molecule has 0 bridgehead atoms. The van der Waals surface area contributed by atoms with Crippen LogP contribution in [0.2, 0.25) is 0 Å². The molecular formula is C21H25FN8O4. The molecule has 3 aliphatic heterocycles. The standard InChI is InChI=1S/C21H25FN8O4/c1-13-17(11-34-20(13)32)29-7-6-28(21(29)33)16-4-5-27(9-15(16)22)10-18(31)14-2-3-19(23-8-14)30-12-24-25-26-30/h2-3,8,12,15-16,18,31H,4-7,9-11H2,1H3/t15-,16-,18+/m1/s1. The highest BCUT2D eigenvalue weighted by Crippen LogP contribution is 2.29. The number of ether oxygens (including phenoxy) is 1. The Morgan fingerprint density at radius 2 is 2.12 bits per heavy atom. The van der Waals surface area contributed by atoms with Crippen LogP contribution in [0.1, 0.15) is 25.0 Å². The third-order valence-corrected chi connectivity index (χ3v) is 6.61. The van der Waals surface area contributed by atoms with Crippen LogP contribution in [0.5, 0.6) is 0 Å². The number of aliphatic hydroxyl groups is 1. The lowest BCUT2D eigenvalue weighted by Crippen LogP contribution is -2.54. The lowest BCUT2D eigenvalue weighted by atomic mass is 10.0. The Kier molecular flexibility index (Phi) is 5.96. The Hall–Kier alpha value is -3.45. The highest BCUT2D eigenvalue weighted by Gasteiger charge is 2.43. The van der Waals surface area contributed by atoms with Gasteiger partial charge in [-0.1, -0.05) is 6.07 Å². The number of pyridine rings is 1. The summed E-state index contributed by atoms with van der Waals surface area (Å²) in [6.45, 7) is 3.43. The van der Waals surface area contributed by atoms with Crippen molar-refractivity contribution in [3.05, 3.63) is 41.5 Å². The molecule has 0 radical (unpaired) electrons. The highest BCUT2D eigenvalue weighted by atomic mass is 19.1. The van der Waals surface area contributed by atoms with E-state index >= 15 is 4.39 Å². The Labute approximate surface area is 194 Å². The van der Waals surface area contributed by atoms with Gasteiger partial charge in [-0.3, -0.25) is 9.80 Å². The number of cyclic esters (lactones) is 1. The molecule has 2 aromatic rings. The van der Waals surface area contributed by atoms with Gasteiger partial charge in [0.25, 0.3) is 0 Å². The fourth-order valence-electron chi connectivity index (χ4n) is 4.68. The van der Waals surface area contributed by atoms with Crippen molar-refractivity contribution in [2.75, 3.05) is 39.3 Å². The first-order chi connectivity index (χ1) is 16.4. The van der Waals surface area contributed by atoms with Crippen LogP contribution < -0.4 is 0 Å². The number of aromatic nitrogens is 5. The largest absolute Gasteiger partial charge is 0.456 e. The van der Waals surface area contributed by atoms with E-state index in [9.17, 15) is 14.7 Å². The minimum Gasteiger partial charge on any atom is -0.456 e. The number of carbonyl (C=O) groups excluding carboxylic acids is 2. The van der Waals surface area contributed by atoms with Crippen LogP contribution in [-0.2, 0) is 9.53 Å². The fraction of sp³-hybridized carbons (Fsp3) is 0.524. The van der Waals surface area contributed by atoms with Crippen LogP contribution >= 0.6 is 0 Å². The van der Waals surface area contributed by atoms with Crippen molar-refractivity contribution in [2.45, 2.75) is 31.7 Å². The van der Waals surface area contributed by atoms with Gasteiger partial charge in [0.15, 0.2) is 5.82 Å². The number of hydrogen-bond acceptors (Lipinski definition) is 9. The lowest BCUT2D eigenvalue weighted by molar-refractivity contribution is -0.136. The molecule has 0 saturated carbocycles. The summed E-state index contributed by atoms with van der Waals surface area (Å²) in [5, 5.41) is 21.5. The second-order valence-corrected chi connectivity index (χ2v) is 8.63. The molecule has 180 valence electrons. The third kappa shape index (κ3) is 4.12. The molecule has 0 unspecified atom stereocenters. The van der Waals surface area contributed by atoms with Crippen LogP contribution in [0.4, 0.5) is 9.18 Å². The van der Waals surface area contributed by atoms with Crippen LogP contribution in [0.15, 0.2) is 35.9 Å². The predicted octanol–water partition coefficient (Wildman–Crippen LogP) is 0.0715. The molecule has 0 spiro atoms. The van der Waals surface area contributed by atoms with Gasteiger partial charge in [0, 0.05) is 44.5 Å². The topological polar surface area (TPSA) is 130 Å². The van der Waals surface area contributed by atoms with E-state index < -0.39 is 24.3 Å². The number of esters is 1. The number of hydrogen-bond donors (Lipinski definition) is 1. The van der Waals surface area contributed by atoms with E-state index in [1.807, 2.05) is 4.90 Å². The zero-order chi connectivity index (χ0) is 23.8. The van der Waals surface area contributed by atoms with Crippen molar-refractivity contribution < 1.29 is 23.8 Å². The van der Waals surface area contributed by atoms with E-state index in [0.717, 1.165) is 0 Å². The Morgan fingerprint density at radius 3 is 2.76 bits per heavy atom. The Morgan fingerprint density at radius 1 is 1.26 bits per heavy atom. The van der Waals surface area contributed by atoms with Gasteiger partial charge < -0.3 is 14.7 Å². The van der Waals surface area contributed by atoms with E-state index in [1.54, 1.807) is 30.2 Å². The molecule has 2 saturated heterocycles. The minimum atomic E-state index is -1.25. The molecule has 1 N–H and O–H groups in total. The number of nitrogens with zero attached hydrogens (tertiary/aromatic N) is 8. The van der Waals surface area contributed by atoms with Gasteiger partial charge >= 0.3 is 12.0 Å². The Bertz CT molecular complexity index is 1090. The molecule has 13 heteroatoms. The highest BCUT2D eigenvalue weighted by molar-refractivity contribution is 5.92. The minimum absolute atomic E-state index is 0.0746. The van der Waals surface area contributed by atoms with Gasteiger partial charge in [0.05, 0.1) is 23.4 Å². The molecule has 34 heavy (non-hydrogen) atoms. The number of aliphatic hydroxyl groups excluding tert-OH is 1. The number of piperidine rings is 1. The summed E-state index contributed by atoms with van der Waals surface area (Å²) in [5.41, 5.74) is 1.60. The first-order valence-corrected chi connectivity index (χ1v) is 11.1. The second kappa shape index (κ2) is 9.06. The van der Waals surface area contributed by atoms with Crippen LogP contribution in [0.25, 0.3) is 5.82 Å². The summed E-state index contributed by atoms with van der Waals surface area (Å²) in [5.74, 6) is 0.103. The molecule has 3 atom stereocenters. The summed E-state index contributed by atoms with van der Waals surface area (Å²) >= 11 is 0. The smallest absolute Gasteiger partial charge is 0.336 e. The molecular weight excluding hydrogens is 447 g/mol. The van der Waals surface area contributed by atoms with Crippen molar-refractivity contribution in [3.63, 3.8) is 0 Å². The lowest BCUT2D eigenvalue weighted by Gasteiger charge is -2.39. The first kappa shape index (κ1) is 22.3. The van der Waals surface area contributed by atoms with Crippen molar-refractivity contribution in [3.8, 4) is 5.82 Å².